The second-order valence-corrected chi connectivity index (χ2v) is 6.65. The molecule has 1 aliphatic heterocycles. The maximum absolute atomic E-state index is 5.27. The number of aliphatic imine (C=N–C) groups is 1. The van der Waals surface area contributed by atoms with Gasteiger partial charge in [0.05, 0.1) is 7.11 Å². The van der Waals surface area contributed by atoms with E-state index in [1.807, 2.05) is 19.2 Å². The monoisotopic (exact) mass is 332 g/mol. The minimum atomic E-state index is 0.517. The molecule has 5 heteroatoms. The number of guanidine groups is 1. The van der Waals surface area contributed by atoms with Crippen LogP contribution in [0.3, 0.4) is 0 Å². The van der Waals surface area contributed by atoms with Crippen LogP contribution in [0.4, 0.5) is 0 Å². The van der Waals surface area contributed by atoms with Crippen LogP contribution < -0.4 is 15.4 Å². The Hall–Kier alpha value is -1.75. The van der Waals surface area contributed by atoms with Gasteiger partial charge in [-0.3, -0.25) is 4.99 Å². The van der Waals surface area contributed by atoms with Crippen LogP contribution in [0.1, 0.15) is 32.3 Å². The van der Waals surface area contributed by atoms with Crippen molar-refractivity contribution >= 4 is 5.96 Å². The van der Waals surface area contributed by atoms with Gasteiger partial charge in [-0.05, 0) is 50.8 Å². The Labute approximate surface area is 146 Å². The summed E-state index contributed by atoms with van der Waals surface area (Å²) in [6.45, 7) is 7.73. The molecule has 24 heavy (non-hydrogen) atoms. The lowest BCUT2D eigenvalue weighted by atomic mass is 10.0. The van der Waals surface area contributed by atoms with E-state index in [0.717, 1.165) is 37.8 Å². The van der Waals surface area contributed by atoms with E-state index in [4.69, 9.17) is 4.74 Å². The van der Waals surface area contributed by atoms with Gasteiger partial charge in [0.15, 0.2) is 5.96 Å². The fourth-order valence-corrected chi connectivity index (χ4v) is 3.10. The third-order valence-electron chi connectivity index (χ3n) is 4.66. The van der Waals surface area contributed by atoms with Crippen molar-refractivity contribution in [2.75, 3.05) is 33.8 Å². The molecule has 0 unspecified atom stereocenters. The maximum Gasteiger partial charge on any atom is 0.191 e. The lowest BCUT2D eigenvalue weighted by molar-refractivity contribution is 0.167. The Kier molecular flexibility index (Phi) is 7.37. The summed E-state index contributed by atoms with van der Waals surface area (Å²) >= 11 is 0. The molecule has 1 fully saturated rings. The average molecular weight is 332 g/mol. The number of nitrogens with zero attached hydrogens (tertiary/aromatic N) is 2. The fraction of sp³-hybridized carbons (Fsp3) is 0.632. The molecule has 1 aromatic carbocycles. The summed E-state index contributed by atoms with van der Waals surface area (Å²) in [5, 5.41) is 6.98. The smallest absolute Gasteiger partial charge is 0.191 e. The van der Waals surface area contributed by atoms with Gasteiger partial charge in [-0.1, -0.05) is 12.1 Å². The zero-order chi connectivity index (χ0) is 17.4. The van der Waals surface area contributed by atoms with Crippen molar-refractivity contribution in [1.82, 2.24) is 15.5 Å². The van der Waals surface area contributed by atoms with Crippen molar-refractivity contribution in [1.29, 1.82) is 0 Å². The van der Waals surface area contributed by atoms with Gasteiger partial charge in [-0.2, -0.15) is 0 Å². The van der Waals surface area contributed by atoms with Crippen molar-refractivity contribution < 1.29 is 4.74 Å². The average Bonchev–Trinajstić information content (AvgIpc) is 2.61. The lowest BCUT2D eigenvalue weighted by Crippen LogP contribution is -2.50. The van der Waals surface area contributed by atoms with Crippen molar-refractivity contribution in [3.8, 4) is 5.75 Å². The summed E-state index contributed by atoms with van der Waals surface area (Å²) in [5.41, 5.74) is 1.27. The Morgan fingerprint density at radius 1 is 1.33 bits per heavy atom. The van der Waals surface area contributed by atoms with Gasteiger partial charge in [0.1, 0.15) is 5.75 Å². The first-order valence-corrected chi connectivity index (χ1v) is 8.96. The number of methoxy groups -OCH3 is 1. The van der Waals surface area contributed by atoms with E-state index in [2.05, 4.69) is 46.5 Å². The quantitative estimate of drug-likeness (QED) is 0.620. The molecule has 0 spiro atoms. The third kappa shape index (κ3) is 5.71. The molecule has 0 atom stereocenters. The second kappa shape index (κ2) is 9.52. The molecule has 0 radical (unpaired) electrons. The van der Waals surface area contributed by atoms with E-state index in [0.29, 0.717) is 12.1 Å². The Morgan fingerprint density at radius 3 is 2.71 bits per heavy atom. The Morgan fingerprint density at radius 2 is 2.08 bits per heavy atom. The molecule has 0 bridgehead atoms. The number of hydrogen-bond donors (Lipinski definition) is 2. The van der Waals surface area contributed by atoms with E-state index in [1.54, 1.807) is 7.11 Å². The van der Waals surface area contributed by atoms with Gasteiger partial charge in [-0.25, -0.2) is 0 Å². The molecule has 0 saturated carbocycles. The molecule has 2 N–H and O–H groups in total. The van der Waals surface area contributed by atoms with E-state index < -0.39 is 0 Å². The van der Waals surface area contributed by atoms with Crippen LogP contribution in [0.15, 0.2) is 29.3 Å². The predicted octanol–water partition coefficient (Wildman–Crippen LogP) is 2.28. The van der Waals surface area contributed by atoms with E-state index in [-0.39, 0.29) is 0 Å². The van der Waals surface area contributed by atoms with Crippen LogP contribution in [-0.4, -0.2) is 56.7 Å². The largest absolute Gasteiger partial charge is 0.497 e. The van der Waals surface area contributed by atoms with Crippen LogP contribution in [0.2, 0.25) is 0 Å². The first-order chi connectivity index (χ1) is 11.6. The minimum Gasteiger partial charge on any atom is -0.497 e. The number of hydrogen-bond acceptors (Lipinski definition) is 3. The van der Waals surface area contributed by atoms with Crippen LogP contribution in [0.5, 0.6) is 5.75 Å². The van der Waals surface area contributed by atoms with Gasteiger partial charge < -0.3 is 20.3 Å². The van der Waals surface area contributed by atoms with Crippen molar-refractivity contribution in [3.63, 3.8) is 0 Å². The Bertz CT molecular complexity index is 522. The summed E-state index contributed by atoms with van der Waals surface area (Å²) in [6.07, 6.45) is 3.30. The molecular weight excluding hydrogens is 300 g/mol. The number of likely N-dealkylation sites (tertiary alicyclic amines) is 1. The highest BCUT2D eigenvalue weighted by Gasteiger charge is 2.21. The number of benzene rings is 1. The van der Waals surface area contributed by atoms with E-state index in [9.17, 15) is 0 Å². The zero-order valence-corrected chi connectivity index (χ0v) is 15.5. The first kappa shape index (κ1) is 18.6. The number of rotatable bonds is 6. The highest BCUT2D eigenvalue weighted by Crippen LogP contribution is 2.13. The first-order valence-electron chi connectivity index (χ1n) is 8.96. The molecule has 134 valence electrons. The molecule has 0 aliphatic carbocycles. The summed E-state index contributed by atoms with van der Waals surface area (Å²) in [7, 11) is 3.54. The summed E-state index contributed by atoms with van der Waals surface area (Å²) in [5.74, 6) is 1.81. The lowest BCUT2D eigenvalue weighted by Gasteiger charge is -2.35. The summed E-state index contributed by atoms with van der Waals surface area (Å²) in [6, 6.07) is 9.38. The summed E-state index contributed by atoms with van der Waals surface area (Å²) in [4.78, 5) is 6.90. The standard InChI is InChI=1S/C19H32N4O/c1-15(2)23-12-9-17(10-13-23)22-19(20-3)21-11-8-16-6-5-7-18(14-16)24-4/h5-7,14-15,17H,8-13H2,1-4H3,(H2,20,21,22). The van der Waals surface area contributed by atoms with Gasteiger partial charge in [0, 0.05) is 38.8 Å². The van der Waals surface area contributed by atoms with E-state index >= 15 is 0 Å². The van der Waals surface area contributed by atoms with Gasteiger partial charge in [0.2, 0.25) is 0 Å². The van der Waals surface area contributed by atoms with Crippen LogP contribution in [0, 0.1) is 0 Å². The molecule has 5 nitrogen and oxygen atoms in total. The van der Waals surface area contributed by atoms with E-state index in [1.165, 1.54) is 18.4 Å². The van der Waals surface area contributed by atoms with Crippen molar-refractivity contribution in [2.45, 2.75) is 45.2 Å². The molecule has 0 aromatic heterocycles. The van der Waals surface area contributed by atoms with Gasteiger partial charge in [-0.15, -0.1) is 0 Å². The molecule has 0 amide bonds. The highest BCUT2D eigenvalue weighted by atomic mass is 16.5. The van der Waals surface area contributed by atoms with Crippen LogP contribution >= 0.6 is 0 Å². The number of nitrogens with one attached hydrogen (secondary N) is 2. The molecule has 1 heterocycles. The molecule has 2 rings (SSSR count). The zero-order valence-electron chi connectivity index (χ0n) is 15.5. The normalized spacial score (nSPS) is 17.1. The topological polar surface area (TPSA) is 48.9 Å². The number of piperidine rings is 1. The Balaban J connectivity index is 1.73. The predicted molar refractivity (Wildman–Crippen MR) is 101 cm³/mol. The molecule has 1 saturated heterocycles. The number of ether oxygens (including phenoxy) is 1. The highest BCUT2D eigenvalue weighted by molar-refractivity contribution is 5.79. The fourth-order valence-electron chi connectivity index (χ4n) is 3.10. The molecule has 1 aliphatic rings. The van der Waals surface area contributed by atoms with Gasteiger partial charge in [0.25, 0.3) is 0 Å². The molecular formula is C19H32N4O. The third-order valence-corrected chi connectivity index (χ3v) is 4.66. The van der Waals surface area contributed by atoms with Crippen molar-refractivity contribution in [3.05, 3.63) is 29.8 Å². The molecule has 1 aromatic rings. The van der Waals surface area contributed by atoms with Crippen molar-refractivity contribution in [2.24, 2.45) is 4.99 Å². The van der Waals surface area contributed by atoms with Crippen LogP contribution in [-0.2, 0) is 6.42 Å². The minimum absolute atomic E-state index is 0.517. The SMILES string of the molecule is CN=C(NCCc1cccc(OC)c1)NC1CCN(C(C)C)CC1. The van der Waals surface area contributed by atoms with Crippen LogP contribution in [0.25, 0.3) is 0 Å². The second-order valence-electron chi connectivity index (χ2n) is 6.65. The van der Waals surface area contributed by atoms with Gasteiger partial charge >= 0.3 is 0 Å². The maximum atomic E-state index is 5.27. The summed E-state index contributed by atoms with van der Waals surface area (Å²) < 4.78 is 5.27.